The van der Waals surface area contributed by atoms with Gasteiger partial charge in [-0.05, 0) is 37.5 Å². The number of nitrogens with zero attached hydrogens (tertiary/aromatic N) is 2. The van der Waals surface area contributed by atoms with E-state index in [2.05, 4.69) is 20.8 Å². The summed E-state index contributed by atoms with van der Waals surface area (Å²) in [5, 5.41) is 0. The summed E-state index contributed by atoms with van der Waals surface area (Å²) in [6.45, 7) is 8.14. The van der Waals surface area contributed by atoms with Crippen LogP contribution in [0.25, 0.3) is 0 Å². The van der Waals surface area contributed by atoms with Crippen LogP contribution >= 0.6 is 11.8 Å². The smallest absolute Gasteiger partial charge is 0.256 e. The van der Waals surface area contributed by atoms with Gasteiger partial charge in [-0.1, -0.05) is 39.0 Å². The molecule has 1 fully saturated rings. The Labute approximate surface area is 149 Å². The number of hydrogen-bond donors (Lipinski definition) is 0. The number of rotatable bonds is 4. The monoisotopic (exact) mass is 348 g/mol. The Morgan fingerprint density at radius 3 is 2.33 bits per heavy atom. The Hall–Kier alpha value is -1.49. The van der Waals surface area contributed by atoms with Gasteiger partial charge in [-0.25, -0.2) is 0 Å². The molecule has 1 aliphatic rings. The van der Waals surface area contributed by atoms with E-state index in [1.807, 2.05) is 55.5 Å². The molecule has 0 saturated carbocycles. The van der Waals surface area contributed by atoms with Crippen LogP contribution in [-0.2, 0) is 4.79 Å². The molecule has 1 saturated heterocycles. The highest BCUT2D eigenvalue weighted by Gasteiger charge is 2.57. The first kappa shape index (κ1) is 18.8. The molecule has 1 aromatic rings. The maximum Gasteiger partial charge on any atom is 0.256 e. The summed E-state index contributed by atoms with van der Waals surface area (Å²) in [5.41, 5.74) is -0.403. The molecular formula is C19H28N2O2S. The van der Waals surface area contributed by atoms with Gasteiger partial charge in [0.1, 0.15) is 11.7 Å². The minimum Gasteiger partial charge on any atom is -0.323 e. The third-order valence-corrected chi connectivity index (χ3v) is 5.34. The van der Waals surface area contributed by atoms with Crippen molar-refractivity contribution in [1.82, 2.24) is 9.80 Å². The zero-order chi connectivity index (χ0) is 18.1. The minimum atomic E-state index is -0.803. The van der Waals surface area contributed by atoms with Crippen molar-refractivity contribution in [2.75, 3.05) is 19.1 Å². The van der Waals surface area contributed by atoms with Crippen molar-refractivity contribution in [3.05, 3.63) is 35.9 Å². The number of carbonyl (C=O) groups is 2. The van der Waals surface area contributed by atoms with Crippen molar-refractivity contribution in [2.24, 2.45) is 5.41 Å². The van der Waals surface area contributed by atoms with Gasteiger partial charge in [0.05, 0.1) is 0 Å². The lowest BCUT2D eigenvalue weighted by molar-refractivity contribution is -0.132. The molecule has 0 radical (unpaired) electrons. The molecule has 1 aliphatic heterocycles. The van der Waals surface area contributed by atoms with Crippen LogP contribution in [-0.4, -0.2) is 52.4 Å². The number of carbonyl (C=O) groups excluding carboxylic acids is 2. The maximum absolute atomic E-state index is 13.3. The topological polar surface area (TPSA) is 40.6 Å². The molecule has 132 valence electrons. The largest absolute Gasteiger partial charge is 0.323 e. The number of thioether (sulfide) groups is 1. The van der Waals surface area contributed by atoms with Crippen LogP contribution < -0.4 is 0 Å². The molecule has 2 amide bonds. The van der Waals surface area contributed by atoms with Crippen LogP contribution in [0, 0.1) is 5.41 Å². The van der Waals surface area contributed by atoms with Crippen molar-refractivity contribution in [1.29, 1.82) is 0 Å². The van der Waals surface area contributed by atoms with Crippen molar-refractivity contribution < 1.29 is 9.59 Å². The lowest BCUT2D eigenvalue weighted by Crippen LogP contribution is -2.55. The van der Waals surface area contributed by atoms with E-state index in [1.165, 1.54) is 0 Å². The Bertz CT molecular complexity index is 612. The van der Waals surface area contributed by atoms with Gasteiger partial charge in [0.2, 0.25) is 5.91 Å². The van der Waals surface area contributed by atoms with Gasteiger partial charge < -0.3 is 9.80 Å². The molecule has 0 bridgehead atoms. The van der Waals surface area contributed by atoms with Gasteiger partial charge >= 0.3 is 0 Å². The molecule has 4 nitrogen and oxygen atoms in total. The van der Waals surface area contributed by atoms with Gasteiger partial charge in [0.15, 0.2) is 0 Å². The average molecular weight is 349 g/mol. The fraction of sp³-hybridized carbons (Fsp3) is 0.579. The third-order valence-electron chi connectivity index (χ3n) is 4.73. The number of benzene rings is 1. The van der Waals surface area contributed by atoms with Crippen molar-refractivity contribution in [2.45, 2.75) is 45.8 Å². The van der Waals surface area contributed by atoms with E-state index < -0.39 is 5.54 Å². The predicted octanol–water partition coefficient (Wildman–Crippen LogP) is 3.48. The van der Waals surface area contributed by atoms with Gasteiger partial charge in [-0.2, -0.15) is 11.8 Å². The first-order valence-corrected chi connectivity index (χ1v) is 9.69. The third kappa shape index (κ3) is 3.18. The Balaban J connectivity index is 2.53. The van der Waals surface area contributed by atoms with Crippen LogP contribution in [0.1, 0.15) is 44.5 Å². The van der Waals surface area contributed by atoms with Gasteiger partial charge in [-0.3, -0.25) is 9.59 Å². The minimum absolute atomic E-state index is 0.0285. The molecule has 0 spiro atoms. The Kier molecular flexibility index (Phi) is 5.33. The summed E-state index contributed by atoms with van der Waals surface area (Å²) in [5.74, 6) is 0.795. The van der Waals surface area contributed by atoms with Crippen molar-refractivity contribution >= 4 is 23.6 Å². The van der Waals surface area contributed by atoms with E-state index in [-0.39, 0.29) is 23.4 Å². The van der Waals surface area contributed by atoms with E-state index in [1.54, 1.807) is 16.7 Å². The van der Waals surface area contributed by atoms with Gasteiger partial charge in [0.25, 0.3) is 5.91 Å². The highest BCUT2D eigenvalue weighted by atomic mass is 32.2. The zero-order valence-electron chi connectivity index (χ0n) is 15.5. The molecule has 0 aliphatic carbocycles. The summed E-state index contributed by atoms with van der Waals surface area (Å²) in [6.07, 6.45) is 2.42. The molecule has 1 aromatic carbocycles. The highest BCUT2D eigenvalue weighted by molar-refractivity contribution is 7.98. The Morgan fingerprint density at radius 2 is 1.83 bits per heavy atom. The summed E-state index contributed by atoms with van der Waals surface area (Å²) in [6, 6.07) is 9.26. The highest BCUT2D eigenvalue weighted by Crippen LogP contribution is 2.42. The van der Waals surface area contributed by atoms with Crippen LogP contribution in [0.5, 0.6) is 0 Å². The van der Waals surface area contributed by atoms with E-state index >= 15 is 0 Å². The number of amides is 2. The van der Waals surface area contributed by atoms with E-state index in [0.29, 0.717) is 12.0 Å². The normalized spacial score (nSPS) is 24.6. The molecule has 2 rings (SSSR count). The fourth-order valence-corrected chi connectivity index (χ4v) is 4.19. The fourth-order valence-electron chi connectivity index (χ4n) is 3.59. The SMILES string of the molecule is CSCC[C@]1(C)C(=O)N(C)[C@@H](C(C)(C)C)N1C(=O)c1ccccc1. The van der Waals surface area contributed by atoms with Crippen molar-refractivity contribution in [3.63, 3.8) is 0 Å². The predicted molar refractivity (Wildman–Crippen MR) is 100 cm³/mol. The quantitative estimate of drug-likeness (QED) is 0.836. The van der Waals surface area contributed by atoms with E-state index in [0.717, 1.165) is 5.75 Å². The van der Waals surface area contributed by atoms with Crippen LogP contribution in [0.4, 0.5) is 0 Å². The lowest BCUT2D eigenvalue weighted by Gasteiger charge is -2.41. The zero-order valence-corrected chi connectivity index (χ0v) is 16.3. The molecule has 0 aromatic heterocycles. The van der Waals surface area contributed by atoms with Crippen molar-refractivity contribution in [3.8, 4) is 0 Å². The second-order valence-electron chi connectivity index (χ2n) is 7.71. The summed E-state index contributed by atoms with van der Waals surface area (Å²) in [4.78, 5) is 29.9. The van der Waals surface area contributed by atoms with Gasteiger partial charge in [-0.15, -0.1) is 0 Å². The first-order chi connectivity index (χ1) is 11.1. The lowest BCUT2D eigenvalue weighted by atomic mass is 9.89. The molecule has 0 unspecified atom stereocenters. The summed E-state index contributed by atoms with van der Waals surface area (Å²) in [7, 11) is 1.81. The van der Waals surface area contributed by atoms with Crippen LogP contribution in [0.2, 0.25) is 0 Å². The average Bonchev–Trinajstić information content (AvgIpc) is 2.74. The van der Waals surface area contributed by atoms with Gasteiger partial charge in [0, 0.05) is 18.0 Å². The number of hydrogen-bond acceptors (Lipinski definition) is 3. The molecule has 1 heterocycles. The molecular weight excluding hydrogens is 320 g/mol. The molecule has 2 atom stereocenters. The number of likely N-dealkylation sites (N-methyl/N-ethyl adjacent to an activating group) is 1. The van der Waals surface area contributed by atoms with Crippen LogP contribution in [0.3, 0.4) is 0 Å². The Morgan fingerprint density at radius 1 is 1.25 bits per heavy atom. The maximum atomic E-state index is 13.3. The standard InChI is InChI=1S/C19H28N2O2S/c1-18(2,3)16-20(5)17(23)19(4,12-13-24-6)21(16)15(22)14-10-8-7-9-11-14/h7-11,16H,12-13H2,1-6H3/t16-,19-/m1/s1. The second-order valence-corrected chi connectivity index (χ2v) is 8.70. The summed E-state index contributed by atoms with van der Waals surface area (Å²) >= 11 is 1.70. The molecule has 5 heteroatoms. The summed E-state index contributed by atoms with van der Waals surface area (Å²) < 4.78 is 0. The molecule has 24 heavy (non-hydrogen) atoms. The van der Waals surface area contributed by atoms with E-state index in [4.69, 9.17) is 0 Å². The van der Waals surface area contributed by atoms with Crippen LogP contribution in [0.15, 0.2) is 30.3 Å². The first-order valence-electron chi connectivity index (χ1n) is 8.29. The second kappa shape index (κ2) is 6.79. The van der Waals surface area contributed by atoms with E-state index in [9.17, 15) is 9.59 Å². The molecule has 0 N–H and O–H groups in total.